The van der Waals surface area contributed by atoms with E-state index in [0.717, 1.165) is 6.54 Å². The van der Waals surface area contributed by atoms with Crippen LogP contribution < -0.4 is 5.32 Å². The van der Waals surface area contributed by atoms with Gasteiger partial charge in [0.1, 0.15) is 0 Å². The van der Waals surface area contributed by atoms with Gasteiger partial charge >= 0.3 is 0 Å². The average Bonchev–Trinajstić information content (AvgIpc) is 2.69. The monoisotopic (exact) mass is 217 g/mol. The van der Waals surface area contributed by atoms with Crippen LogP contribution in [0, 0.1) is 5.92 Å². The molecule has 0 aromatic carbocycles. The molecule has 2 N–H and O–H groups in total. The van der Waals surface area contributed by atoms with Crippen LogP contribution in [0.3, 0.4) is 0 Å². The van der Waals surface area contributed by atoms with E-state index in [-0.39, 0.29) is 17.7 Å². The van der Waals surface area contributed by atoms with Crippen molar-refractivity contribution < 1.29 is 9.90 Å². The molecule has 3 nitrogen and oxygen atoms in total. The average molecular weight is 217 g/mol. The Balaban J connectivity index is 0. The van der Waals surface area contributed by atoms with Gasteiger partial charge in [0.05, 0.1) is 12.1 Å². The Kier molecular flexibility index (Phi) is 11.5. The lowest BCUT2D eigenvalue weighted by molar-refractivity contribution is -0.125. The molecule has 0 aliphatic carbocycles. The quantitative estimate of drug-likeness (QED) is 0.743. The van der Waals surface area contributed by atoms with E-state index in [2.05, 4.69) is 5.32 Å². The fourth-order valence-electron chi connectivity index (χ4n) is 1.34. The lowest BCUT2D eigenvalue weighted by atomic mass is 9.99. The van der Waals surface area contributed by atoms with E-state index in [4.69, 9.17) is 0 Å². The first kappa shape index (κ1) is 17.0. The summed E-state index contributed by atoms with van der Waals surface area (Å²) in [5, 5.41) is 12.3. The number of carbonyl (C=O) groups excluding carboxylic acids is 1. The number of aliphatic hydroxyl groups excluding tert-OH is 1. The predicted octanol–water partition coefficient (Wildman–Crippen LogP) is 1.99. The highest BCUT2D eigenvalue weighted by molar-refractivity contribution is 5.86. The van der Waals surface area contributed by atoms with E-state index in [9.17, 15) is 9.90 Å². The van der Waals surface area contributed by atoms with Crippen molar-refractivity contribution >= 4 is 5.78 Å². The van der Waals surface area contributed by atoms with Gasteiger partial charge in [0, 0.05) is 5.92 Å². The van der Waals surface area contributed by atoms with Crippen molar-refractivity contribution in [2.24, 2.45) is 5.92 Å². The van der Waals surface area contributed by atoms with Crippen LogP contribution in [0.15, 0.2) is 0 Å². The van der Waals surface area contributed by atoms with Crippen LogP contribution in [0.2, 0.25) is 0 Å². The number of aliphatic hydroxyl groups is 1. The highest BCUT2D eigenvalue weighted by Gasteiger charge is 2.31. The molecule has 92 valence electrons. The van der Waals surface area contributed by atoms with Gasteiger partial charge in [-0.1, -0.05) is 41.5 Å². The maximum absolute atomic E-state index is 11.3. The van der Waals surface area contributed by atoms with Crippen molar-refractivity contribution in [3.05, 3.63) is 0 Å². The van der Waals surface area contributed by atoms with Gasteiger partial charge in [-0.2, -0.15) is 0 Å². The molecule has 0 spiro atoms. The Morgan fingerprint density at radius 1 is 1.27 bits per heavy atom. The number of Topliss-reactive ketones (excluding diaryl/α,β-unsaturated/α-hetero) is 1. The summed E-state index contributed by atoms with van der Waals surface area (Å²) in [5.41, 5.74) is 0. The second-order valence-electron chi connectivity index (χ2n) is 3.34. The van der Waals surface area contributed by atoms with Crippen molar-refractivity contribution in [3.8, 4) is 0 Å². The first-order valence-corrected chi connectivity index (χ1v) is 6.08. The number of ketones is 1. The summed E-state index contributed by atoms with van der Waals surface area (Å²) in [6.07, 6.45) is 0.230. The summed E-state index contributed by atoms with van der Waals surface area (Å²) in [5.74, 6) is 0.134. The van der Waals surface area contributed by atoms with E-state index in [1.807, 2.05) is 41.5 Å². The summed E-state index contributed by atoms with van der Waals surface area (Å²) in [7, 11) is 0. The minimum absolute atomic E-state index is 0.0141. The zero-order valence-corrected chi connectivity index (χ0v) is 11.0. The molecule has 2 atom stereocenters. The zero-order valence-electron chi connectivity index (χ0n) is 11.0. The zero-order chi connectivity index (χ0) is 12.4. The van der Waals surface area contributed by atoms with Crippen LogP contribution in [0.4, 0.5) is 0 Å². The van der Waals surface area contributed by atoms with Crippen LogP contribution in [0.25, 0.3) is 0 Å². The Labute approximate surface area is 94.3 Å². The highest BCUT2D eigenvalue weighted by atomic mass is 16.3. The number of hydrogen-bond acceptors (Lipinski definition) is 3. The van der Waals surface area contributed by atoms with Crippen molar-refractivity contribution in [3.63, 3.8) is 0 Å². The van der Waals surface area contributed by atoms with Crippen LogP contribution in [-0.4, -0.2) is 29.6 Å². The van der Waals surface area contributed by atoms with Crippen molar-refractivity contribution in [1.29, 1.82) is 0 Å². The van der Waals surface area contributed by atoms with E-state index in [1.165, 1.54) is 0 Å². The lowest BCUT2D eigenvalue weighted by Gasteiger charge is -2.15. The molecule has 3 heteroatoms. The first-order chi connectivity index (χ1) is 7.13. The molecule has 1 aliphatic rings. The third-order valence-electron chi connectivity index (χ3n) is 2.06. The predicted molar refractivity (Wildman–Crippen MR) is 65.0 cm³/mol. The molecule has 1 aliphatic heterocycles. The number of carbonyl (C=O) groups is 1. The van der Waals surface area contributed by atoms with E-state index >= 15 is 0 Å². The normalized spacial score (nSPS) is 23.7. The third kappa shape index (κ3) is 5.90. The lowest BCUT2D eigenvalue weighted by Crippen LogP contribution is -2.40. The van der Waals surface area contributed by atoms with E-state index in [0.29, 0.717) is 6.42 Å². The van der Waals surface area contributed by atoms with Crippen molar-refractivity contribution in [2.45, 2.75) is 60.1 Å². The van der Waals surface area contributed by atoms with E-state index < -0.39 is 6.10 Å². The van der Waals surface area contributed by atoms with Crippen LogP contribution in [0.1, 0.15) is 48.0 Å². The summed E-state index contributed by atoms with van der Waals surface area (Å²) in [4.78, 5) is 11.3. The molecule has 0 aromatic heterocycles. The van der Waals surface area contributed by atoms with Gasteiger partial charge in [-0.05, 0) is 13.0 Å². The molecule has 1 rings (SSSR count). The van der Waals surface area contributed by atoms with Gasteiger partial charge in [-0.3, -0.25) is 4.79 Å². The smallest absolute Gasteiger partial charge is 0.154 e. The maximum Gasteiger partial charge on any atom is 0.154 e. The Bertz CT molecular complexity index is 158. The van der Waals surface area contributed by atoms with Crippen molar-refractivity contribution in [2.75, 3.05) is 6.54 Å². The number of nitrogens with one attached hydrogen (secondary N) is 1. The van der Waals surface area contributed by atoms with Gasteiger partial charge in [-0.15, -0.1) is 0 Å². The molecular formula is C12H27NO2. The molecule has 1 saturated heterocycles. The minimum Gasteiger partial charge on any atom is -0.391 e. The van der Waals surface area contributed by atoms with Gasteiger partial charge in [0.15, 0.2) is 5.78 Å². The molecule has 0 amide bonds. The molecule has 0 saturated carbocycles. The van der Waals surface area contributed by atoms with Gasteiger partial charge in [-0.25, -0.2) is 0 Å². The van der Waals surface area contributed by atoms with Crippen LogP contribution >= 0.6 is 0 Å². The summed E-state index contributed by atoms with van der Waals surface area (Å²) in [6, 6.07) is -0.310. The molecule has 0 radical (unpaired) electrons. The fourth-order valence-corrected chi connectivity index (χ4v) is 1.34. The molecular weight excluding hydrogens is 190 g/mol. The summed E-state index contributed by atoms with van der Waals surface area (Å²) < 4.78 is 0. The highest BCUT2D eigenvalue weighted by Crippen LogP contribution is 2.11. The van der Waals surface area contributed by atoms with Crippen LogP contribution in [-0.2, 0) is 4.79 Å². The second kappa shape index (κ2) is 10.1. The minimum atomic E-state index is -0.468. The SMILES string of the molecule is CC.CC.CC(C)C(=O)C1NCCC1O. The molecule has 0 bridgehead atoms. The maximum atomic E-state index is 11.3. The van der Waals surface area contributed by atoms with E-state index in [1.54, 1.807) is 0 Å². The summed E-state index contributed by atoms with van der Waals surface area (Å²) in [6.45, 7) is 12.5. The molecule has 1 heterocycles. The number of rotatable bonds is 2. The van der Waals surface area contributed by atoms with Gasteiger partial charge < -0.3 is 10.4 Å². The number of hydrogen-bond donors (Lipinski definition) is 2. The Morgan fingerprint density at radius 2 is 1.73 bits per heavy atom. The molecule has 2 unspecified atom stereocenters. The topological polar surface area (TPSA) is 49.3 Å². The van der Waals surface area contributed by atoms with Crippen LogP contribution in [0.5, 0.6) is 0 Å². The fraction of sp³-hybridized carbons (Fsp3) is 0.917. The first-order valence-electron chi connectivity index (χ1n) is 6.08. The largest absolute Gasteiger partial charge is 0.391 e. The molecule has 1 fully saturated rings. The third-order valence-corrected chi connectivity index (χ3v) is 2.06. The Morgan fingerprint density at radius 3 is 2.00 bits per heavy atom. The molecule has 0 aromatic rings. The van der Waals surface area contributed by atoms with Gasteiger partial charge in [0.2, 0.25) is 0 Å². The Hall–Kier alpha value is -0.410. The van der Waals surface area contributed by atoms with Crippen molar-refractivity contribution in [1.82, 2.24) is 5.32 Å². The molecule has 15 heavy (non-hydrogen) atoms. The van der Waals surface area contributed by atoms with Gasteiger partial charge in [0.25, 0.3) is 0 Å². The standard InChI is InChI=1S/C8H15NO2.2C2H6/c1-5(2)8(11)7-6(10)3-4-9-7;2*1-2/h5-7,9-10H,3-4H2,1-2H3;2*1-2H3. The summed E-state index contributed by atoms with van der Waals surface area (Å²) >= 11 is 0. The second-order valence-corrected chi connectivity index (χ2v) is 3.34.